The highest BCUT2D eigenvalue weighted by atomic mass is 16.5. The van der Waals surface area contributed by atoms with Crippen LogP contribution in [0.25, 0.3) is 11.3 Å². The first-order valence-electron chi connectivity index (χ1n) is 5.64. The third-order valence-electron chi connectivity index (χ3n) is 2.78. The lowest BCUT2D eigenvalue weighted by Crippen LogP contribution is -2.01. The zero-order valence-electron chi connectivity index (χ0n) is 10.8. The van der Waals surface area contributed by atoms with Crippen molar-refractivity contribution in [2.24, 2.45) is 0 Å². The number of hydrogen-bond acceptors (Lipinski definition) is 3. The van der Waals surface area contributed by atoms with Crippen LogP contribution in [0.1, 0.15) is 11.3 Å². The van der Waals surface area contributed by atoms with Crippen LogP contribution in [0.3, 0.4) is 0 Å². The van der Waals surface area contributed by atoms with Crippen LogP contribution in [0.4, 0.5) is 0 Å². The van der Waals surface area contributed by atoms with Gasteiger partial charge in [0, 0.05) is 6.20 Å². The fourth-order valence-corrected chi connectivity index (χ4v) is 1.76. The maximum absolute atomic E-state index is 10.9. The zero-order valence-corrected chi connectivity index (χ0v) is 10.8. The van der Waals surface area contributed by atoms with Gasteiger partial charge in [-0.25, -0.2) is 9.78 Å². The summed E-state index contributed by atoms with van der Waals surface area (Å²) < 4.78 is 7.12. The van der Waals surface area contributed by atoms with Crippen molar-refractivity contribution in [3.63, 3.8) is 0 Å². The van der Waals surface area contributed by atoms with Crippen molar-refractivity contribution in [1.29, 1.82) is 0 Å². The first-order valence-corrected chi connectivity index (χ1v) is 5.64. The first kappa shape index (κ1) is 12.9. The molecule has 0 bridgehead atoms. The Balaban J connectivity index is 2.48. The molecule has 19 heavy (non-hydrogen) atoms. The second kappa shape index (κ2) is 4.97. The van der Waals surface area contributed by atoms with Gasteiger partial charge in [-0.2, -0.15) is 0 Å². The lowest BCUT2D eigenvalue weighted by atomic mass is 10.1. The minimum atomic E-state index is -1.05. The molecule has 0 fully saturated rings. The molecule has 0 saturated heterocycles. The summed E-state index contributed by atoms with van der Waals surface area (Å²) in [5.41, 5.74) is 2.24. The predicted molar refractivity (Wildman–Crippen MR) is 71.5 cm³/mol. The van der Waals surface area contributed by atoms with Gasteiger partial charge in [0.1, 0.15) is 5.75 Å². The molecule has 0 unspecified atom stereocenters. The molecule has 1 aromatic heterocycles. The Kier molecular flexibility index (Phi) is 3.37. The highest BCUT2D eigenvalue weighted by Crippen LogP contribution is 2.27. The molecule has 0 amide bonds. The quantitative estimate of drug-likeness (QED) is 0.854. The highest BCUT2D eigenvalue weighted by molar-refractivity contribution is 6.14. The van der Waals surface area contributed by atoms with Gasteiger partial charge >= 0.3 is 5.97 Å². The summed E-state index contributed by atoms with van der Waals surface area (Å²) in [7, 11) is 1.54. The van der Waals surface area contributed by atoms with Crippen molar-refractivity contribution in [2.75, 3.05) is 7.11 Å². The van der Waals surface area contributed by atoms with Gasteiger partial charge < -0.3 is 14.4 Å². The van der Waals surface area contributed by atoms with E-state index in [-0.39, 0.29) is 5.57 Å². The zero-order chi connectivity index (χ0) is 14.0. The van der Waals surface area contributed by atoms with Crippen LogP contribution in [0.2, 0.25) is 0 Å². The topological polar surface area (TPSA) is 64.3 Å². The monoisotopic (exact) mass is 258 g/mol. The van der Waals surface area contributed by atoms with Gasteiger partial charge in [-0.1, -0.05) is 12.6 Å². The number of aryl methyl sites for hydroxylation is 1. The molecule has 2 aromatic rings. The average molecular weight is 258 g/mol. The summed E-state index contributed by atoms with van der Waals surface area (Å²) in [4.78, 5) is 15.1. The summed E-state index contributed by atoms with van der Waals surface area (Å²) in [5.74, 6) is -0.481. The van der Waals surface area contributed by atoms with E-state index in [1.54, 1.807) is 24.5 Å². The summed E-state index contributed by atoms with van der Waals surface area (Å²) in [6.45, 7) is 5.42. The van der Waals surface area contributed by atoms with Crippen molar-refractivity contribution in [2.45, 2.75) is 6.92 Å². The number of benzene rings is 1. The maximum Gasteiger partial charge on any atom is 0.335 e. The van der Waals surface area contributed by atoms with Gasteiger partial charge in [0.05, 0.1) is 30.4 Å². The number of methoxy groups -OCH3 is 1. The van der Waals surface area contributed by atoms with Crippen molar-refractivity contribution in [1.82, 2.24) is 9.55 Å². The summed E-state index contributed by atoms with van der Waals surface area (Å²) in [6.07, 6.45) is 3.54. The predicted octanol–water partition coefficient (Wildman–Crippen LogP) is 2.29. The normalized spacial score (nSPS) is 10.2. The number of hydrogen-bond donors (Lipinski definition) is 1. The van der Waals surface area contributed by atoms with E-state index < -0.39 is 5.97 Å². The number of rotatable bonds is 4. The minimum Gasteiger partial charge on any atom is -0.495 e. The molecule has 2 rings (SSSR count). The van der Waals surface area contributed by atoms with Crippen molar-refractivity contribution < 1.29 is 14.6 Å². The molecule has 0 radical (unpaired) electrons. The van der Waals surface area contributed by atoms with E-state index in [1.165, 1.54) is 7.11 Å². The highest BCUT2D eigenvalue weighted by Gasteiger charge is 2.12. The molecule has 5 nitrogen and oxygen atoms in total. The molecular formula is C14H14N2O3. The van der Waals surface area contributed by atoms with E-state index in [0.29, 0.717) is 11.3 Å². The van der Waals surface area contributed by atoms with E-state index in [4.69, 9.17) is 9.84 Å². The number of nitrogens with zero attached hydrogens (tertiary/aromatic N) is 2. The number of imidazole rings is 1. The molecule has 0 aliphatic rings. The lowest BCUT2D eigenvalue weighted by molar-refractivity contribution is -0.130. The minimum absolute atomic E-state index is 0.0339. The third kappa shape index (κ3) is 2.49. The summed E-state index contributed by atoms with van der Waals surface area (Å²) in [6, 6.07) is 5.13. The van der Waals surface area contributed by atoms with E-state index >= 15 is 0 Å². The molecule has 1 N–H and O–H groups in total. The first-order chi connectivity index (χ1) is 9.02. The number of carboxylic acids is 1. The molecule has 0 aliphatic heterocycles. The van der Waals surface area contributed by atoms with E-state index in [9.17, 15) is 4.79 Å². The van der Waals surface area contributed by atoms with E-state index in [0.717, 1.165) is 11.4 Å². The summed E-state index contributed by atoms with van der Waals surface area (Å²) in [5, 5.41) is 8.93. The molecule has 0 aliphatic carbocycles. The van der Waals surface area contributed by atoms with Crippen LogP contribution in [-0.2, 0) is 4.79 Å². The molecule has 1 aromatic carbocycles. The van der Waals surface area contributed by atoms with Crippen LogP contribution < -0.4 is 4.74 Å². The van der Waals surface area contributed by atoms with E-state index in [1.807, 2.05) is 17.7 Å². The Morgan fingerprint density at radius 3 is 2.74 bits per heavy atom. The Bertz CT molecular complexity index is 644. The van der Waals surface area contributed by atoms with Gasteiger partial charge in [0.15, 0.2) is 0 Å². The summed E-state index contributed by atoms with van der Waals surface area (Å²) >= 11 is 0. The maximum atomic E-state index is 10.9. The number of aliphatic carboxylic acids is 1. The Morgan fingerprint density at radius 1 is 1.47 bits per heavy atom. The second-order valence-electron chi connectivity index (χ2n) is 4.09. The molecule has 0 spiro atoms. The molecule has 1 heterocycles. The number of aromatic nitrogens is 2. The van der Waals surface area contributed by atoms with E-state index in [2.05, 4.69) is 11.6 Å². The largest absolute Gasteiger partial charge is 0.495 e. The number of ether oxygens (including phenoxy) is 1. The van der Waals surface area contributed by atoms with Gasteiger partial charge in [-0.3, -0.25) is 0 Å². The second-order valence-corrected chi connectivity index (χ2v) is 4.09. The third-order valence-corrected chi connectivity index (χ3v) is 2.78. The van der Waals surface area contributed by atoms with Crippen LogP contribution >= 0.6 is 0 Å². The SMILES string of the molecule is C=C(C(=O)O)c1ccc(-n2cnc(C)c2)c(OC)c1. The molecule has 0 atom stereocenters. The van der Waals surface area contributed by atoms with Crippen molar-refractivity contribution >= 4 is 11.5 Å². The fraction of sp³-hybridized carbons (Fsp3) is 0.143. The molecule has 0 saturated carbocycles. The molecular weight excluding hydrogens is 244 g/mol. The van der Waals surface area contributed by atoms with Crippen LogP contribution in [0.15, 0.2) is 37.3 Å². The smallest absolute Gasteiger partial charge is 0.335 e. The molecule has 5 heteroatoms. The number of carbonyl (C=O) groups is 1. The Hall–Kier alpha value is -2.56. The van der Waals surface area contributed by atoms with Crippen LogP contribution in [-0.4, -0.2) is 27.7 Å². The average Bonchev–Trinajstić information content (AvgIpc) is 2.83. The van der Waals surface area contributed by atoms with Crippen molar-refractivity contribution in [3.05, 3.63) is 48.6 Å². The number of carboxylic acid groups (broad SMARTS) is 1. The van der Waals surface area contributed by atoms with Gasteiger partial charge in [0.2, 0.25) is 0 Å². The Labute approximate surface area is 110 Å². The molecule has 98 valence electrons. The van der Waals surface area contributed by atoms with Crippen LogP contribution in [0, 0.1) is 6.92 Å². The van der Waals surface area contributed by atoms with Crippen LogP contribution in [0.5, 0.6) is 5.75 Å². The lowest BCUT2D eigenvalue weighted by Gasteiger charge is -2.11. The Morgan fingerprint density at radius 2 is 2.21 bits per heavy atom. The van der Waals surface area contributed by atoms with Crippen molar-refractivity contribution in [3.8, 4) is 11.4 Å². The standard InChI is InChI=1S/C14H14N2O3/c1-9-7-16(8-15-9)12-5-4-11(6-13(12)19-3)10(2)14(17)18/h4-8H,2H2,1,3H3,(H,17,18). The fourth-order valence-electron chi connectivity index (χ4n) is 1.76. The van der Waals surface area contributed by atoms with Gasteiger partial charge in [-0.05, 0) is 24.6 Å². The van der Waals surface area contributed by atoms with Gasteiger partial charge in [-0.15, -0.1) is 0 Å². The van der Waals surface area contributed by atoms with Gasteiger partial charge in [0.25, 0.3) is 0 Å².